The van der Waals surface area contributed by atoms with Crippen molar-refractivity contribution in [1.29, 1.82) is 0 Å². The maximum Gasteiger partial charge on any atom is 0.252 e. The molecular weight excluding hydrogens is 380 g/mol. The van der Waals surface area contributed by atoms with Crippen molar-refractivity contribution in [3.8, 4) is 0 Å². The number of nitrogens with one attached hydrogen (secondary N) is 1. The van der Waals surface area contributed by atoms with Crippen molar-refractivity contribution in [2.75, 3.05) is 13.1 Å². The zero-order chi connectivity index (χ0) is 20.1. The number of hydrogen-bond acceptors (Lipinski definition) is 6. The van der Waals surface area contributed by atoms with Gasteiger partial charge in [0, 0.05) is 6.54 Å². The molecule has 1 aromatic carbocycles. The molecule has 1 amide bonds. The number of nitrogens with zero attached hydrogens (tertiary/aromatic N) is 1. The van der Waals surface area contributed by atoms with Gasteiger partial charge in [-0.05, 0) is 61.9 Å². The van der Waals surface area contributed by atoms with Crippen LogP contribution in [-0.4, -0.2) is 60.1 Å². The van der Waals surface area contributed by atoms with Gasteiger partial charge in [0.05, 0.1) is 11.4 Å². The predicted octanol–water partition coefficient (Wildman–Crippen LogP) is 0.569. The summed E-state index contributed by atoms with van der Waals surface area (Å²) in [5, 5.41) is 22.7. The number of likely N-dealkylation sites (tertiary alicyclic amines) is 1. The second-order valence-electron chi connectivity index (χ2n) is 7.66. The quantitative estimate of drug-likeness (QED) is 0.594. The van der Waals surface area contributed by atoms with Crippen molar-refractivity contribution in [3.63, 3.8) is 0 Å². The minimum atomic E-state index is -2.65. The van der Waals surface area contributed by atoms with E-state index in [-0.39, 0.29) is 6.04 Å². The van der Waals surface area contributed by atoms with E-state index in [4.69, 9.17) is 0 Å². The Morgan fingerprint density at radius 2 is 1.96 bits per heavy atom. The van der Waals surface area contributed by atoms with Gasteiger partial charge in [0.25, 0.3) is 5.91 Å². The van der Waals surface area contributed by atoms with E-state index in [2.05, 4.69) is 22.3 Å². The second kappa shape index (κ2) is 9.65. The molecule has 3 rings (SSSR count). The number of rotatable bonds is 6. The largest absolute Gasteiger partial charge is 0.385 e. The van der Waals surface area contributed by atoms with Crippen LogP contribution in [0.15, 0.2) is 18.2 Å². The fourth-order valence-corrected chi connectivity index (χ4v) is 4.47. The van der Waals surface area contributed by atoms with E-state index >= 15 is 0 Å². The van der Waals surface area contributed by atoms with Crippen LogP contribution < -0.4 is 5.32 Å². The molecule has 0 unspecified atom stereocenters. The molecular formula is C20H28N2O5S. The van der Waals surface area contributed by atoms with E-state index in [0.717, 1.165) is 44.5 Å². The van der Waals surface area contributed by atoms with Crippen LogP contribution in [0, 0.1) is 0 Å². The number of fused-ring (bicyclic) bond motifs is 1. The Morgan fingerprint density at radius 1 is 1.21 bits per heavy atom. The molecule has 1 heterocycles. The molecule has 0 bridgehead atoms. The molecule has 1 aromatic rings. The van der Waals surface area contributed by atoms with Gasteiger partial charge in [-0.2, -0.15) is 8.42 Å². The van der Waals surface area contributed by atoms with E-state index in [1.165, 1.54) is 30.4 Å². The topological polar surface area (TPSA) is 107 Å². The molecule has 28 heavy (non-hydrogen) atoms. The second-order valence-corrected chi connectivity index (χ2v) is 8.45. The molecule has 3 N–H and O–H groups in total. The van der Waals surface area contributed by atoms with Gasteiger partial charge in [0.1, 0.15) is 6.10 Å². The number of benzene rings is 1. The zero-order valence-electron chi connectivity index (χ0n) is 15.9. The molecule has 0 spiro atoms. The fraction of sp³-hybridized carbons (Fsp3) is 0.600. The number of amides is 1. The van der Waals surface area contributed by atoms with E-state index in [0.29, 0.717) is 5.37 Å². The molecule has 154 valence electrons. The number of aliphatic hydroxyl groups excluding tert-OH is 2. The minimum absolute atomic E-state index is 0.250. The van der Waals surface area contributed by atoms with Crippen LogP contribution in [-0.2, 0) is 28.1 Å². The highest BCUT2D eigenvalue weighted by Gasteiger charge is 2.28. The van der Waals surface area contributed by atoms with Crippen molar-refractivity contribution in [1.82, 2.24) is 10.2 Å². The van der Waals surface area contributed by atoms with Crippen LogP contribution in [0.3, 0.4) is 0 Å². The predicted molar refractivity (Wildman–Crippen MR) is 106 cm³/mol. The van der Waals surface area contributed by atoms with Crippen LogP contribution in [0.1, 0.15) is 54.8 Å². The Balaban J connectivity index is 1.67. The van der Waals surface area contributed by atoms with Crippen LogP contribution in [0.25, 0.3) is 0 Å². The number of piperidine rings is 1. The SMILES string of the molecule is O=C(N[C@@H]1CCCc2cc(CN3CCCCC3)ccc21)[C@@H](O)[C@@H](O)C=S(=O)=O. The highest BCUT2D eigenvalue weighted by atomic mass is 32.2. The summed E-state index contributed by atoms with van der Waals surface area (Å²) in [6, 6.07) is 6.10. The summed E-state index contributed by atoms with van der Waals surface area (Å²) in [5.41, 5.74) is 3.50. The molecule has 3 atom stereocenters. The normalized spacial score (nSPS) is 22.0. The summed E-state index contributed by atoms with van der Waals surface area (Å²) in [5.74, 6) is -0.774. The molecule has 0 saturated carbocycles. The summed E-state index contributed by atoms with van der Waals surface area (Å²) < 4.78 is 21.2. The van der Waals surface area contributed by atoms with E-state index in [1.807, 2.05) is 6.07 Å². The molecule has 2 aliphatic rings. The maximum absolute atomic E-state index is 12.2. The van der Waals surface area contributed by atoms with E-state index < -0.39 is 28.4 Å². The third-order valence-electron chi connectivity index (χ3n) is 5.54. The lowest BCUT2D eigenvalue weighted by molar-refractivity contribution is -0.133. The first-order chi connectivity index (χ1) is 13.4. The van der Waals surface area contributed by atoms with Crippen molar-refractivity contribution in [3.05, 3.63) is 34.9 Å². The lowest BCUT2D eigenvalue weighted by Gasteiger charge is -2.30. The molecule has 1 aliphatic heterocycles. The molecule has 0 radical (unpaired) electrons. The summed E-state index contributed by atoms with van der Waals surface area (Å²) in [7, 11) is -2.65. The zero-order valence-corrected chi connectivity index (χ0v) is 16.7. The number of hydrogen-bond donors (Lipinski definition) is 3. The van der Waals surface area contributed by atoms with E-state index in [9.17, 15) is 23.4 Å². The Labute approximate surface area is 166 Å². The highest BCUT2D eigenvalue weighted by Crippen LogP contribution is 2.31. The average Bonchev–Trinajstić information content (AvgIpc) is 2.67. The minimum Gasteiger partial charge on any atom is -0.385 e. The Morgan fingerprint density at radius 3 is 2.68 bits per heavy atom. The van der Waals surface area contributed by atoms with Crippen molar-refractivity contribution in [2.24, 2.45) is 0 Å². The van der Waals surface area contributed by atoms with E-state index in [1.54, 1.807) is 0 Å². The fourth-order valence-electron chi connectivity index (χ4n) is 4.09. The summed E-state index contributed by atoms with van der Waals surface area (Å²) in [6.07, 6.45) is 2.85. The molecule has 1 aliphatic carbocycles. The van der Waals surface area contributed by atoms with Crippen LogP contribution >= 0.6 is 0 Å². The van der Waals surface area contributed by atoms with Gasteiger partial charge in [-0.15, -0.1) is 0 Å². The number of aliphatic hydroxyl groups is 2. The Kier molecular flexibility index (Phi) is 7.23. The molecule has 7 nitrogen and oxygen atoms in total. The summed E-state index contributed by atoms with van der Waals surface area (Å²) in [4.78, 5) is 14.7. The third kappa shape index (κ3) is 5.41. The molecule has 1 fully saturated rings. The summed E-state index contributed by atoms with van der Waals surface area (Å²) in [6.45, 7) is 3.22. The molecule has 0 aromatic heterocycles. The van der Waals surface area contributed by atoms with Crippen molar-refractivity contribution in [2.45, 2.75) is 63.3 Å². The van der Waals surface area contributed by atoms with Crippen LogP contribution in [0.5, 0.6) is 0 Å². The van der Waals surface area contributed by atoms with Gasteiger partial charge in [-0.25, -0.2) is 0 Å². The standard InChI is InChI=1S/C20H28N2O5S/c23-18(13-28(26)27)19(24)20(25)21-17-6-4-5-15-11-14(7-8-16(15)17)12-22-9-2-1-3-10-22/h7-8,11,13,17-19,23-24H,1-6,9-10,12H2,(H,21,25)/t17-,18+,19+/m1/s1. The number of carbonyl (C=O) groups excluding carboxylic acids is 1. The third-order valence-corrected chi connectivity index (χ3v) is 6.04. The Bertz CT molecular complexity index is 825. The van der Waals surface area contributed by atoms with Crippen molar-refractivity contribution >= 4 is 21.6 Å². The van der Waals surface area contributed by atoms with Gasteiger partial charge in [0.15, 0.2) is 6.10 Å². The first kappa shape index (κ1) is 21.0. The maximum atomic E-state index is 12.2. The van der Waals surface area contributed by atoms with Crippen LogP contribution in [0.4, 0.5) is 0 Å². The Hall–Kier alpha value is -1.74. The summed E-state index contributed by atoms with van der Waals surface area (Å²) >= 11 is 0. The average molecular weight is 409 g/mol. The first-order valence-corrected chi connectivity index (χ1v) is 11.0. The van der Waals surface area contributed by atoms with Gasteiger partial charge in [-0.1, -0.05) is 24.6 Å². The first-order valence-electron chi connectivity index (χ1n) is 9.87. The smallest absolute Gasteiger partial charge is 0.252 e. The van der Waals surface area contributed by atoms with Gasteiger partial charge < -0.3 is 15.5 Å². The van der Waals surface area contributed by atoms with Crippen LogP contribution in [0.2, 0.25) is 0 Å². The lowest BCUT2D eigenvalue weighted by Crippen LogP contribution is -2.44. The number of aryl methyl sites for hydroxylation is 1. The lowest BCUT2D eigenvalue weighted by atomic mass is 9.86. The van der Waals surface area contributed by atoms with Gasteiger partial charge in [-0.3, -0.25) is 9.69 Å². The van der Waals surface area contributed by atoms with Gasteiger partial charge >= 0.3 is 0 Å². The number of carbonyl (C=O) groups is 1. The monoisotopic (exact) mass is 408 g/mol. The highest BCUT2D eigenvalue weighted by molar-refractivity contribution is 7.71. The molecule has 1 saturated heterocycles. The molecule has 8 heteroatoms. The van der Waals surface area contributed by atoms with Gasteiger partial charge in [0.2, 0.25) is 10.3 Å². The van der Waals surface area contributed by atoms with Crippen molar-refractivity contribution < 1.29 is 23.4 Å².